The predicted octanol–water partition coefficient (Wildman–Crippen LogP) is 3.88. The summed E-state index contributed by atoms with van der Waals surface area (Å²) in [5.41, 5.74) is 2.06. The Morgan fingerprint density at radius 1 is 1.06 bits per heavy atom. The molecule has 4 nitrogen and oxygen atoms in total. The monoisotopic (exact) mass is 283 g/mol. The van der Waals surface area contributed by atoms with Crippen LogP contribution >= 0.6 is 23.2 Å². The van der Waals surface area contributed by atoms with Gasteiger partial charge in [-0.05, 0) is 12.1 Å². The molecule has 0 aliphatic rings. The third-order valence-corrected chi connectivity index (χ3v) is 3.07. The van der Waals surface area contributed by atoms with Crippen LogP contribution in [-0.2, 0) is 0 Å². The zero-order valence-corrected chi connectivity index (χ0v) is 11.0. The Bertz CT molecular complexity index is 575. The largest absolute Gasteiger partial charge is 0.506 e. The van der Waals surface area contributed by atoms with Crippen molar-refractivity contribution in [3.63, 3.8) is 0 Å². The van der Waals surface area contributed by atoms with Gasteiger partial charge >= 0.3 is 0 Å². The number of rotatable bonds is 3. The summed E-state index contributed by atoms with van der Waals surface area (Å²) in [4.78, 5) is 4.06. The fraction of sp³-hybridized carbons (Fsp3) is 0.0833. The number of hydrogen-bond acceptors (Lipinski definition) is 4. The molecule has 1 aromatic heterocycles. The average Bonchev–Trinajstić information content (AvgIpc) is 2.36. The Morgan fingerprint density at radius 3 is 2.44 bits per heavy atom. The van der Waals surface area contributed by atoms with Gasteiger partial charge in [0.1, 0.15) is 5.75 Å². The van der Waals surface area contributed by atoms with Gasteiger partial charge in [-0.25, -0.2) is 0 Å². The molecule has 0 amide bonds. The second-order valence-corrected chi connectivity index (χ2v) is 4.44. The number of phenolic OH excluding ortho intramolecular Hbond substituents is 1. The number of anilines is 3. The molecule has 0 unspecified atom stereocenters. The number of nitrogens with zero attached hydrogens (tertiary/aromatic N) is 1. The summed E-state index contributed by atoms with van der Waals surface area (Å²) in [5.74, 6) is 0.0271. The Hall–Kier alpha value is -1.65. The highest BCUT2D eigenvalue weighted by molar-refractivity contribution is 6.42. The first-order valence-corrected chi connectivity index (χ1v) is 5.93. The summed E-state index contributed by atoms with van der Waals surface area (Å²) in [6.45, 7) is 0. The van der Waals surface area contributed by atoms with Gasteiger partial charge < -0.3 is 15.7 Å². The highest BCUT2D eigenvalue weighted by atomic mass is 35.5. The molecule has 0 spiro atoms. The molecular formula is C12H11Cl2N3O. The van der Waals surface area contributed by atoms with Gasteiger partial charge in [-0.1, -0.05) is 23.2 Å². The van der Waals surface area contributed by atoms with E-state index < -0.39 is 0 Å². The molecule has 0 saturated heterocycles. The summed E-state index contributed by atoms with van der Waals surface area (Å²) in [6, 6.07) is 4.81. The second-order valence-electron chi connectivity index (χ2n) is 3.62. The summed E-state index contributed by atoms with van der Waals surface area (Å²) < 4.78 is 0. The van der Waals surface area contributed by atoms with Gasteiger partial charge in [0.05, 0.1) is 39.5 Å². The Morgan fingerprint density at radius 2 is 1.72 bits per heavy atom. The van der Waals surface area contributed by atoms with Crippen molar-refractivity contribution in [3.8, 4) is 5.75 Å². The van der Waals surface area contributed by atoms with Crippen molar-refractivity contribution in [2.45, 2.75) is 0 Å². The third-order valence-electron chi connectivity index (χ3n) is 2.34. The zero-order valence-electron chi connectivity index (χ0n) is 9.54. The van der Waals surface area contributed by atoms with E-state index in [1.54, 1.807) is 25.5 Å². The number of nitrogens with one attached hydrogen (secondary N) is 2. The Balaban J connectivity index is 2.30. The van der Waals surface area contributed by atoms with Crippen LogP contribution in [0.4, 0.5) is 17.1 Å². The predicted molar refractivity (Wildman–Crippen MR) is 75.2 cm³/mol. The number of hydrogen-bond donors (Lipinski definition) is 3. The van der Waals surface area contributed by atoms with Crippen LogP contribution in [0.5, 0.6) is 5.75 Å². The van der Waals surface area contributed by atoms with E-state index in [9.17, 15) is 5.11 Å². The van der Waals surface area contributed by atoms with Crippen LogP contribution < -0.4 is 10.6 Å². The lowest BCUT2D eigenvalue weighted by Gasteiger charge is -2.10. The number of aromatic hydroxyl groups is 1. The standard InChI is InChI=1S/C12H11Cl2N3O/c1-15-7-2-8(6-16-5-7)17-11-3-9(13)10(14)4-12(11)18/h2-6,15,17-18H,1H3. The first kappa shape index (κ1) is 12.8. The molecule has 1 aromatic carbocycles. The molecule has 3 N–H and O–H groups in total. The van der Waals surface area contributed by atoms with Gasteiger partial charge in [-0.15, -0.1) is 0 Å². The van der Waals surface area contributed by atoms with E-state index >= 15 is 0 Å². The highest BCUT2D eigenvalue weighted by Gasteiger charge is 2.07. The molecule has 94 valence electrons. The van der Waals surface area contributed by atoms with Gasteiger partial charge in [0, 0.05) is 13.1 Å². The molecule has 0 bridgehead atoms. The summed E-state index contributed by atoms with van der Waals surface area (Å²) in [5, 5.41) is 16.4. The molecular weight excluding hydrogens is 273 g/mol. The van der Waals surface area contributed by atoms with Crippen LogP contribution in [0, 0.1) is 0 Å². The molecule has 2 rings (SSSR count). The molecule has 0 fully saturated rings. The van der Waals surface area contributed by atoms with Crippen molar-refractivity contribution in [3.05, 3.63) is 40.6 Å². The zero-order chi connectivity index (χ0) is 13.1. The fourth-order valence-electron chi connectivity index (χ4n) is 1.44. The van der Waals surface area contributed by atoms with Crippen molar-refractivity contribution < 1.29 is 5.11 Å². The normalized spacial score (nSPS) is 10.2. The van der Waals surface area contributed by atoms with E-state index in [1.165, 1.54) is 6.07 Å². The van der Waals surface area contributed by atoms with Crippen molar-refractivity contribution in [1.82, 2.24) is 4.98 Å². The van der Waals surface area contributed by atoms with Gasteiger partial charge in [-0.2, -0.15) is 0 Å². The molecule has 2 aromatic rings. The lowest BCUT2D eigenvalue weighted by molar-refractivity contribution is 0.478. The molecule has 0 radical (unpaired) electrons. The molecule has 1 heterocycles. The smallest absolute Gasteiger partial charge is 0.140 e. The minimum absolute atomic E-state index is 0.0271. The van der Waals surface area contributed by atoms with E-state index in [0.717, 1.165) is 11.4 Å². The third kappa shape index (κ3) is 2.78. The topological polar surface area (TPSA) is 57.2 Å². The van der Waals surface area contributed by atoms with Crippen LogP contribution in [0.3, 0.4) is 0 Å². The number of aromatic nitrogens is 1. The van der Waals surface area contributed by atoms with Crippen molar-refractivity contribution in [1.29, 1.82) is 0 Å². The summed E-state index contributed by atoms with van der Waals surface area (Å²) in [7, 11) is 1.80. The minimum Gasteiger partial charge on any atom is -0.506 e. The average molecular weight is 284 g/mol. The molecule has 6 heteroatoms. The van der Waals surface area contributed by atoms with E-state index in [0.29, 0.717) is 15.7 Å². The molecule has 18 heavy (non-hydrogen) atoms. The van der Waals surface area contributed by atoms with Crippen LogP contribution in [0.15, 0.2) is 30.6 Å². The first-order chi connectivity index (χ1) is 8.60. The number of phenols is 1. The Labute approximate surface area is 115 Å². The van der Waals surface area contributed by atoms with Gasteiger partial charge in [0.15, 0.2) is 0 Å². The van der Waals surface area contributed by atoms with Crippen molar-refractivity contribution in [2.75, 3.05) is 17.7 Å². The van der Waals surface area contributed by atoms with E-state index in [2.05, 4.69) is 15.6 Å². The molecule has 0 atom stereocenters. The lowest BCUT2D eigenvalue weighted by Crippen LogP contribution is -1.95. The fourth-order valence-corrected chi connectivity index (χ4v) is 1.76. The maximum atomic E-state index is 9.76. The van der Waals surface area contributed by atoms with Crippen LogP contribution in [0.25, 0.3) is 0 Å². The second kappa shape index (κ2) is 5.33. The summed E-state index contributed by atoms with van der Waals surface area (Å²) in [6.07, 6.45) is 3.34. The molecule has 0 saturated carbocycles. The van der Waals surface area contributed by atoms with Crippen molar-refractivity contribution >= 4 is 40.3 Å². The van der Waals surface area contributed by atoms with E-state index in [4.69, 9.17) is 23.2 Å². The SMILES string of the molecule is CNc1cncc(Nc2cc(Cl)c(Cl)cc2O)c1. The van der Waals surface area contributed by atoms with Gasteiger partial charge in [0.25, 0.3) is 0 Å². The maximum Gasteiger partial charge on any atom is 0.140 e. The number of pyridine rings is 1. The van der Waals surface area contributed by atoms with Crippen LogP contribution in [0.2, 0.25) is 10.0 Å². The molecule has 0 aliphatic carbocycles. The summed E-state index contributed by atoms with van der Waals surface area (Å²) >= 11 is 11.7. The lowest BCUT2D eigenvalue weighted by atomic mass is 10.2. The minimum atomic E-state index is 0.0271. The van der Waals surface area contributed by atoms with E-state index in [-0.39, 0.29) is 5.75 Å². The van der Waals surface area contributed by atoms with Gasteiger partial charge in [0.2, 0.25) is 0 Å². The van der Waals surface area contributed by atoms with E-state index in [1.807, 2.05) is 6.07 Å². The number of benzene rings is 1. The van der Waals surface area contributed by atoms with Gasteiger partial charge in [-0.3, -0.25) is 4.98 Å². The van der Waals surface area contributed by atoms with Crippen LogP contribution in [-0.4, -0.2) is 17.1 Å². The highest BCUT2D eigenvalue weighted by Crippen LogP contribution is 2.35. The maximum absolute atomic E-state index is 9.76. The van der Waals surface area contributed by atoms with Crippen LogP contribution in [0.1, 0.15) is 0 Å². The first-order valence-electron chi connectivity index (χ1n) is 5.18. The molecule has 0 aliphatic heterocycles. The Kier molecular flexibility index (Phi) is 3.79. The quantitative estimate of drug-likeness (QED) is 0.749. The van der Waals surface area contributed by atoms with Crippen molar-refractivity contribution in [2.24, 2.45) is 0 Å². The number of halogens is 2.